The van der Waals surface area contributed by atoms with Gasteiger partial charge in [0, 0.05) is 29.6 Å². The van der Waals surface area contributed by atoms with E-state index in [0.717, 1.165) is 15.7 Å². The van der Waals surface area contributed by atoms with Crippen LogP contribution >= 0.6 is 15.9 Å². The van der Waals surface area contributed by atoms with Gasteiger partial charge in [-0.3, -0.25) is 9.79 Å². The molecule has 0 aromatic heterocycles. The number of benzodiazepines with no additional fused rings is 1. The monoisotopic (exact) mass is 373 g/mol. The maximum Gasteiger partial charge on any atom is 0.258 e. The number of methoxy groups -OCH3 is 1. The van der Waals surface area contributed by atoms with E-state index in [0.29, 0.717) is 30.1 Å². The third-order valence-corrected chi connectivity index (χ3v) is 4.29. The fraction of sp³-hybridized carbons (Fsp3) is 0.176. The summed E-state index contributed by atoms with van der Waals surface area (Å²) in [6, 6.07) is 10.8. The largest absolute Gasteiger partial charge is 0.496 e. The zero-order chi connectivity index (χ0) is 16.4. The Balaban J connectivity index is 1.99. The Bertz CT molecular complexity index is 789. The van der Waals surface area contributed by atoms with Crippen molar-refractivity contribution in [1.29, 1.82) is 0 Å². The summed E-state index contributed by atoms with van der Waals surface area (Å²) in [7, 11) is 1.59. The van der Waals surface area contributed by atoms with Gasteiger partial charge in [0.2, 0.25) is 0 Å². The second-order valence-corrected chi connectivity index (χ2v) is 6.01. The van der Waals surface area contributed by atoms with Gasteiger partial charge in [0.05, 0.1) is 23.8 Å². The first-order valence-electron chi connectivity index (χ1n) is 7.15. The molecule has 2 aromatic rings. The highest BCUT2D eigenvalue weighted by molar-refractivity contribution is 9.10. The van der Waals surface area contributed by atoms with Crippen LogP contribution in [0.4, 0.5) is 11.4 Å². The van der Waals surface area contributed by atoms with Crippen LogP contribution in [0.1, 0.15) is 15.9 Å². The van der Waals surface area contributed by atoms with Gasteiger partial charge in [-0.25, -0.2) is 0 Å². The van der Waals surface area contributed by atoms with Crippen LogP contribution in [-0.4, -0.2) is 32.3 Å². The average Bonchev–Trinajstić information content (AvgIpc) is 2.75. The number of carbonyl (C=O) groups is 1. The van der Waals surface area contributed by atoms with E-state index in [1.54, 1.807) is 42.5 Å². The Morgan fingerprint density at radius 2 is 2.13 bits per heavy atom. The lowest BCUT2D eigenvalue weighted by Gasteiger charge is -2.23. The molecule has 1 aliphatic heterocycles. The van der Waals surface area contributed by atoms with Gasteiger partial charge in [-0.05, 0) is 52.3 Å². The number of rotatable bonds is 2. The minimum absolute atomic E-state index is 0.0788. The predicted octanol–water partition coefficient (Wildman–Crippen LogP) is 3.12. The molecule has 1 amide bonds. The minimum atomic E-state index is -0.0788. The highest BCUT2D eigenvalue weighted by atomic mass is 79.9. The van der Waals surface area contributed by atoms with Crippen molar-refractivity contribution in [3.63, 3.8) is 0 Å². The molecule has 0 atom stereocenters. The van der Waals surface area contributed by atoms with Crippen molar-refractivity contribution in [3.05, 3.63) is 52.0 Å². The van der Waals surface area contributed by atoms with E-state index in [-0.39, 0.29) is 5.91 Å². The van der Waals surface area contributed by atoms with Crippen LogP contribution in [-0.2, 0) is 0 Å². The standard InChI is InChI=1S/C17H16BrN3O2/c1-23-16-5-2-11(9-14(16)18)17(22)21-7-6-20-10-12-8-13(19)3-4-15(12)21/h2-5,8-10H,6-7,19H2,1H3. The minimum Gasteiger partial charge on any atom is -0.496 e. The SMILES string of the molecule is COc1ccc(C(=O)N2CCN=Cc3cc(N)ccc32)cc1Br. The summed E-state index contributed by atoms with van der Waals surface area (Å²) in [6.07, 6.45) is 1.77. The zero-order valence-corrected chi connectivity index (χ0v) is 14.2. The lowest BCUT2D eigenvalue weighted by Crippen LogP contribution is -2.33. The van der Waals surface area contributed by atoms with E-state index >= 15 is 0 Å². The van der Waals surface area contributed by atoms with Crippen LogP contribution in [0, 0.1) is 0 Å². The molecule has 0 unspecified atom stereocenters. The van der Waals surface area contributed by atoms with E-state index < -0.39 is 0 Å². The fourth-order valence-corrected chi connectivity index (χ4v) is 3.07. The molecule has 0 radical (unpaired) electrons. The summed E-state index contributed by atoms with van der Waals surface area (Å²) >= 11 is 3.42. The number of carbonyl (C=O) groups excluding carboxylic acids is 1. The number of amides is 1. The maximum absolute atomic E-state index is 12.9. The number of fused-ring (bicyclic) bond motifs is 1. The van der Waals surface area contributed by atoms with Gasteiger partial charge in [0.1, 0.15) is 5.75 Å². The van der Waals surface area contributed by atoms with E-state index in [9.17, 15) is 4.79 Å². The second kappa shape index (κ2) is 6.42. The van der Waals surface area contributed by atoms with Crippen LogP contribution in [0.3, 0.4) is 0 Å². The van der Waals surface area contributed by atoms with Gasteiger partial charge < -0.3 is 15.4 Å². The molecule has 5 nitrogen and oxygen atoms in total. The molecule has 2 N–H and O–H groups in total. The quantitative estimate of drug-likeness (QED) is 0.822. The van der Waals surface area contributed by atoms with E-state index in [2.05, 4.69) is 20.9 Å². The average molecular weight is 374 g/mol. The molecule has 0 fully saturated rings. The van der Waals surface area contributed by atoms with Crippen LogP contribution < -0.4 is 15.4 Å². The molecular weight excluding hydrogens is 358 g/mol. The molecular formula is C17H16BrN3O2. The molecule has 0 saturated heterocycles. The Labute approximate surface area is 142 Å². The van der Waals surface area contributed by atoms with Gasteiger partial charge in [-0.1, -0.05) is 0 Å². The number of anilines is 2. The number of nitrogen functional groups attached to an aromatic ring is 1. The molecule has 2 aromatic carbocycles. The third kappa shape index (κ3) is 3.07. The Kier molecular flexibility index (Phi) is 4.34. The first-order chi connectivity index (χ1) is 11.1. The van der Waals surface area contributed by atoms with Crippen LogP contribution in [0.25, 0.3) is 0 Å². The number of halogens is 1. The van der Waals surface area contributed by atoms with Crippen LogP contribution in [0.5, 0.6) is 5.75 Å². The maximum atomic E-state index is 12.9. The van der Waals surface area contributed by atoms with Crippen LogP contribution in [0.15, 0.2) is 45.9 Å². The van der Waals surface area contributed by atoms with E-state index in [4.69, 9.17) is 10.5 Å². The Hall–Kier alpha value is -2.34. The number of nitrogens with zero attached hydrogens (tertiary/aromatic N) is 2. The summed E-state index contributed by atoms with van der Waals surface area (Å²) in [5.74, 6) is 0.610. The predicted molar refractivity (Wildman–Crippen MR) is 95.7 cm³/mol. The summed E-state index contributed by atoms with van der Waals surface area (Å²) in [5.41, 5.74) is 8.73. The molecule has 1 aliphatic rings. The summed E-state index contributed by atoms with van der Waals surface area (Å²) in [4.78, 5) is 19.0. The van der Waals surface area contributed by atoms with Crippen molar-refractivity contribution in [3.8, 4) is 5.75 Å². The first-order valence-corrected chi connectivity index (χ1v) is 7.94. The lowest BCUT2D eigenvalue weighted by molar-refractivity contribution is 0.0987. The van der Waals surface area contributed by atoms with Crippen molar-refractivity contribution >= 4 is 39.4 Å². The number of ether oxygens (including phenoxy) is 1. The van der Waals surface area contributed by atoms with Crippen molar-refractivity contribution in [2.45, 2.75) is 0 Å². The van der Waals surface area contributed by atoms with E-state index in [1.165, 1.54) is 0 Å². The number of benzene rings is 2. The van der Waals surface area contributed by atoms with E-state index in [1.807, 2.05) is 12.1 Å². The van der Waals surface area contributed by atoms with Gasteiger partial charge in [0.25, 0.3) is 5.91 Å². The Morgan fingerprint density at radius 3 is 2.87 bits per heavy atom. The fourth-order valence-electron chi connectivity index (χ4n) is 2.53. The molecule has 0 saturated carbocycles. The van der Waals surface area contributed by atoms with Gasteiger partial charge in [-0.2, -0.15) is 0 Å². The second-order valence-electron chi connectivity index (χ2n) is 5.16. The molecule has 0 bridgehead atoms. The topological polar surface area (TPSA) is 67.9 Å². The number of hydrogen-bond acceptors (Lipinski definition) is 4. The molecule has 118 valence electrons. The molecule has 23 heavy (non-hydrogen) atoms. The van der Waals surface area contributed by atoms with Gasteiger partial charge in [-0.15, -0.1) is 0 Å². The zero-order valence-electron chi connectivity index (χ0n) is 12.6. The summed E-state index contributed by atoms with van der Waals surface area (Å²) in [5, 5.41) is 0. The number of aliphatic imine (C=N–C) groups is 1. The lowest BCUT2D eigenvalue weighted by atomic mass is 10.1. The summed E-state index contributed by atoms with van der Waals surface area (Å²) < 4.78 is 5.95. The highest BCUT2D eigenvalue weighted by Gasteiger charge is 2.22. The number of hydrogen-bond donors (Lipinski definition) is 1. The number of nitrogens with two attached hydrogens (primary N) is 1. The highest BCUT2D eigenvalue weighted by Crippen LogP contribution is 2.29. The van der Waals surface area contributed by atoms with Crippen molar-refractivity contribution in [1.82, 2.24) is 0 Å². The normalized spacial score (nSPS) is 13.4. The van der Waals surface area contributed by atoms with Crippen LogP contribution in [0.2, 0.25) is 0 Å². The molecule has 3 rings (SSSR count). The van der Waals surface area contributed by atoms with Crippen molar-refractivity contribution in [2.75, 3.05) is 30.8 Å². The molecule has 0 aliphatic carbocycles. The van der Waals surface area contributed by atoms with Gasteiger partial charge in [0.15, 0.2) is 0 Å². The Morgan fingerprint density at radius 1 is 1.30 bits per heavy atom. The molecule has 0 spiro atoms. The van der Waals surface area contributed by atoms with Crippen molar-refractivity contribution < 1.29 is 9.53 Å². The molecule has 6 heteroatoms. The van der Waals surface area contributed by atoms with Crippen molar-refractivity contribution in [2.24, 2.45) is 4.99 Å². The summed E-state index contributed by atoms with van der Waals surface area (Å²) in [6.45, 7) is 1.08. The molecule has 1 heterocycles. The van der Waals surface area contributed by atoms with Gasteiger partial charge >= 0.3 is 0 Å². The smallest absolute Gasteiger partial charge is 0.258 e. The third-order valence-electron chi connectivity index (χ3n) is 3.67. The first kappa shape index (κ1) is 15.6.